The first-order valence-electron chi connectivity index (χ1n) is 8.69. The van der Waals surface area contributed by atoms with E-state index in [4.69, 9.17) is 14.2 Å². The average Bonchev–Trinajstić information content (AvgIpc) is 2.67. The Hall–Kier alpha value is -2.67. The van der Waals surface area contributed by atoms with E-state index in [9.17, 15) is 13.6 Å². The SMILES string of the molecule is CCOCCN1C(=O)[C@H](Oc2ccccc2OC)[C@H]1c1ccc(F)cc1F. The Morgan fingerprint density at radius 2 is 1.85 bits per heavy atom. The molecule has 0 N–H and O–H groups in total. The number of carbonyl (C=O) groups excluding carboxylic acids is 1. The Bertz CT molecular complexity index is 814. The lowest BCUT2D eigenvalue weighted by Gasteiger charge is -2.46. The number of halogens is 2. The predicted molar refractivity (Wildman–Crippen MR) is 94.7 cm³/mol. The van der Waals surface area contributed by atoms with Crippen molar-refractivity contribution in [2.24, 2.45) is 0 Å². The monoisotopic (exact) mass is 377 g/mol. The number of carbonyl (C=O) groups is 1. The van der Waals surface area contributed by atoms with Gasteiger partial charge in [0.15, 0.2) is 11.5 Å². The van der Waals surface area contributed by atoms with E-state index in [1.54, 1.807) is 24.3 Å². The molecular formula is C20H21F2NO4. The Morgan fingerprint density at radius 3 is 2.52 bits per heavy atom. The van der Waals surface area contributed by atoms with Crippen LogP contribution in [0, 0.1) is 11.6 Å². The molecule has 1 saturated heterocycles. The van der Waals surface area contributed by atoms with Crippen LogP contribution in [-0.2, 0) is 9.53 Å². The fourth-order valence-electron chi connectivity index (χ4n) is 3.11. The van der Waals surface area contributed by atoms with Gasteiger partial charge in [-0.25, -0.2) is 8.78 Å². The highest BCUT2D eigenvalue weighted by Crippen LogP contribution is 2.40. The molecule has 0 bridgehead atoms. The third-order valence-electron chi connectivity index (χ3n) is 4.43. The van der Waals surface area contributed by atoms with Gasteiger partial charge in [0.1, 0.15) is 17.7 Å². The first-order chi connectivity index (χ1) is 13.1. The molecule has 27 heavy (non-hydrogen) atoms. The second-order valence-corrected chi connectivity index (χ2v) is 6.03. The van der Waals surface area contributed by atoms with E-state index in [2.05, 4.69) is 0 Å². The first-order valence-corrected chi connectivity index (χ1v) is 8.69. The molecule has 0 spiro atoms. The summed E-state index contributed by atoms with van der Waals surface area (Å²) < 4.78 is 44.1. The van der Waals surface area contributed by atoms with Gasteiger partial charge in [-0.2, -0.15) is 0 Å². The van der Waals surface area contributed by atoms with Crippen molar-refractivity contribution < 1.29 is 27.8 Å². The lowest BCUT2D eigenvalue weighted by Crippen LogP contribution is -2.62. The van der Waals surface area contributed by atoms with E-state index in [0.717, 1.165) is 6.07 Å². The van der Waals surface area contributed by atoms with Crippen LogP contribution in [0.15, 0.2) is 42.5 Å². The molecule has 1 aliphatic rings. The molecule has 1 amide bonds. The van der Waals surface area contributed by atoms with Crippen LogP contribution >= 0.6 is 0 Å². The number of likely N-dealkylation sites (tertiary alicyclic amines) is 1. The van der Waals surface area contributed by atoms with E-state index in [1.165, 1.54) is 24.1 Å². The van der Waals surface area contributed by atoms with Crippen LogP contribution < -0.4 is 9.47 Å². The molecule has 144 valence electrons. The molecule has 7 heteroatoms. The standard InChI is InChI=1S/C20H21F2NO4/c1-3-26-11-10-23-18(14-9-8-13(21)12-15(14)22)19(20(23)24)27-17-7-5-4-6-16(17)25-2/h4-9,12,18-19H,3,10-11H2,1-2H3/t18-,19-/m1/s1. The summed E-state index contributed by atoms with van der Waals surface area (Å²) >= 11 is 0. The van der Waals surface area contributed by atoms with Crippen molar-refractivity contribution in [3.63, 3.8) is 0 Å². The maximum absolute atomic E-state index is 14.4. The van der Waals surface area contributed by atoms with Crippen LogP contribution in [0.4, 0.5) is 8.78 Å². The summed E-state index contributed by atoms with van der Waals surface area (Å²) in [6.45, 7) is 2.98. The lowest BCUT2D eigenvalue weighted by molar-refractivity contribution is -0.165. The molecule has 2 atom stereocenters. The van der Waals surface area contributed by atoms with Gasteiger partial charge >= 0.3 is 0 Å². The molecule has 0 aliphatic carbocycles. The molecule has 1 aliphatic heterocycles. The molecular weight excluding hydrogens is 356 g/mol. The number of benzene rings is 2. The highest BCUT2D eigenvalue weighted by atomic mass is 19.1. The van der Waals surface area contributed by atoms with Gasteiger partial charge in [0.25, 0.3) is 5.91 Å². The number of rotatable bonds is 8. The molecule has 0 saturated carbocycles. The topological polar surface area (TPSA) is 48.0 Å². The number of para-hydroxylation sites is 2. The summed E-state index contributed by atoms with van der Waals surface area (Å²) in [5, 5.41) is 0. The van der Waals surface area contributed by atoms with Crippen LogP contribution in [0.3, 0.4) is 0 Å². The Labute approximate surface area is 156 Å². The van der Waals surface area contributed by atoms with E-state index in [1.807, 2.05) is 6.92 Å². The van der Waals surface area contributed by atoms with Crippen LogP contribution in [0.2, 0.25) is 0 Å². The van der Waals surface area contributed by atoms with E-state index < -0.39 is 23.8 Å². The van der Waals surface area contributed by atoms with Crippen molar-refractivity contribution in [1.29, 1.82) is 0 Å². The maximum Gasteiger partial charge on any atom is 0.266 e. The van der Waals surface area contributed by atoms with E-state index in [0.29, 0.717) is 31.3 Å². The predicted octanol–water partition coefficient (Wildman–Crippen LogP) is 3.34. The molecule has 5 nitrogen and oxygen atoms in total. The van der Waals surface area contributed by atoms with Crippen molar-refractivity contribution in [3.8, 4) is 11.5 Å². The van der Waals surface area contributed by atoms with Crippen LogP contribution in [0.1, 0.15) is 18.5 Å². The van der Waals surface area contributed by atoms with E-state index in [-0.39, 0.29) is 11.5 Å². The van der Waals surface area contributed by atoms with Gasteiger partial charge in [0.05, 0.1) is 13.7 Å². The highest BCUT2D eigenvalue weighted by Gasteiger charge is 2.51. The number of nitrogens with zero attached hydrogens (tertiary/aromatic N) is 1. The normalized spacial score (nSPS) is 19.0. The number of hydrogen-bond acceptors (Lipinski definition) is 4. The van der Waals surface area contributed by atoms with Crippen molar-refractivity contribution >= 4 is 5.91 Å². The number of β-lactam (4-membered cyclic amide) rings is 1. The Kier molecular flexibility index (Phi) is 5.91. The average molecular weight is 377 g/mol. The quantitative estimate of drug-likeness (QED) is 0.523. The number of methoxy groups -OCH3 is 1. The van der Waals surface area contributed by atoms with Gasteiger partial charge in [-0.05, 0) is 25.1 Å². The second kappa shape index (κ2) is 8.35. The van der Waals surface area contributed by atoms with Crippen LogP contribution in [0.5, 0.6) is 11.5 Å². The summed E-state index contributed by atoms with van der Waals surface area (Å²) in [7, 11) is 1.50. The second-order valence-electron chi connectivity index (χ2n) is 6.03. The number of hydrogen-bond donors (Lipinski definition) is 0. The Morgan fingerprint density at radius 1 is 1.11 bits per heavy atom. The molecule has 0 radical (unpaired) electrons. The smallest absolute Gasteiger partial charge is 0.266 e. The minimum atomic E-state index is -0.928. The first kappa shape index (κ1) is 19.1. The largest absolute Gasteiger partial charge is 0.493 e. The molecule has 0 unspecified atom stereocenters. The van der Waals surface area contributed by atoms with Gasteiger partial charge in [-0.15, -0.1) is 0 Å². The third kappa shape index (κ3) is 3.88. The van der Waals surface area contributed by atoms with Crippen molar-refractivity contribution in [2.45, 2.75) is 19.1 Å². The molecule has 3 rings (SSSR count). The van der Waals surface area contributed by atoms with Gasteiger partial charge in [-0.1, -0.05) is 18.2 Å². The zero-order valence-corrected chi connectivity index (χ0v) is 15.2. The molecule has 2 aromatic rings. The fraction of sp³-hybridized carbons (Fsp3) is 0.350. The van der Waals surface area contributed by atoms with Gasteiger partial charge in [0.2, 0.25) is 6.10 Å². The zero-order chi connectivity index (χ0) is 19.4. The van der Waals surface area contributed by atoms with Gasteiger partial charge in [0, 0.05) is 24.8 Å². The van der Waals surface area contributed by atoms with Crippen LogP contribution in [0.25, 0.3) is 0 Å². The van der Waals surface area contributed by atoms with Crippen molar-refractivity contribution in [1.82, 2.24) is 4.90 Å². The molecule has 1 fully saturated rings. The minimum Gasteiger partial charge on any atom is -0.493 e. The van der Waals surface area contributed by atoms with Gasteiger partial charge < -0.3 is 19.1 Å². The molecule has 1 heterocycles. The van der Waals surface area contributed by atoms with Crippen molar-refractivity contribution in [2.75, 3.05) is 26.9 Å². The van der Waals surface area contributed by atoms with Crippen LogP contribution in [-0.4, -0.2) is 43.8 Å². The minimum absolute atomic E-state index is 0.201. The Balaban J connectivity index is 1.88. The fourth-order valence-corrected chi connectivity index (χ4v) is 3.11. The van der Waals surface area contributed by atoms with Gasteiger partial charge in [-0.3, -0.25) is 4.79 Å². The zero-order valence-electron chi connectivity index (χ0n) is 15.2. The summed E-state index contributed by atoms with van der Waals surface area (Å²) in [5.74, 6) is -0.825. The maximum atomic E-state index is 14.4. The summed E-state index contributed by atoms with van der Waals surface area (Å²) in [6, 6.07) is 9.55. The lowest BCUT2D eigenvalue weighted by atomic mass is 9.90. The molecule has 0 aromatic heterocycles. The summed E-state index contributed by atoms with van der Waals surface area (Å²) in [4.78, 5) is 14.1. The summed E-state index contributed by atoms with van der Waals surface area (Å²) in [6.07, 6.45) is -0.928. The summed E-state index contributed by atoms with van der Waals surface area (Å²) in [5.41, 5.74) is 0.201. The van der Waals surface area contributed by atoms with E-state index >= 15 is 0 Å². The molecule has 2 aromatic carbocycles. The third-order valence-corrected chi connectivity index (χ3v) is 4.43. The van der Waals surface area contributed by atoms with Crippen molar-refractivity contribution in [3.05, 3.63) is 59.7 Å². The highest BCUT2D eigenvalue weighted by molar-refractivity contribution is 5.89. The number of amides is 1. The number of ether oxygens (including phenoxy) is 3.